The molecular weight excluding hydrogens is 708 g/mol. The minimum atomic E-state index is -0.442. The lowest BCUT2D eigenvalue weighted by atomic mass is 10.1. The van der Waals surface area contributed by atoms with Gasteiger partial charge in [-0.25, -0.2) is 9.59 Å². The number of Topliss-reactive ketones (excluding diaryl/α,β-unsaturated/α-hetero) is 2. The predicted octanol–water partition coefficient (Wildman–Crippen LogP) is -1.24. The molecule has 0 aliphatic heterocycles. The number of ether oxygens (including phenoxy) is 2. The molecule has 0 atom stereocenters. The molecule has 0 N–H and O–H groups in total. The van der Waals surface area contributed by atoms with Gasteiger partial charge in [-0.3, -0.25) is 9.59 Å². The molecule has 0 bridgehead atoms. The number of halogens is 2. The van der Waals surface area contributed by atoms with E-state index in [9.17, 15) is 19.2 Å². The van der Waals surface area contributed by atoms with Crippen molar-refractivity contribution in [1.82, 2.24) is 9.80 Å². The third-order valence-corrected chi connectivity index (χ3v) is 6.89. The number of ketones is 2. The standard InChI is InChI=1S/C33H50N4O6.2BrH/c1-34(2)32(40)42-30-20-14-12-16-26(30)22-36(5,6)24-28(38)18-10-9-11-19-29(39)25-37(7,8)23-27-17-13-15-21-31(27)43-33(41)35(3)4;;/h12-17,20-21H,9-11,18-19,22-25H2,1-8H3;2*1H/q+2;;/p-2. The fourth-order valence-corrected chi connectivity index (χ4v) is 4.81. The summed E-state index contributed by atoms with van der Waals surface area (Å²) in [6.07, 6.45) is 2.35. The first-order valence-electron chi connectivity index (χ1n) is 14.7. The van der Waals surface area contributed by atoms with E-state index in [1.165, 1.54) is 9.80 Å². The van der Waals surface area contributed by atoms with Crippen molar-refractivity contribution in [3.8, 4) is 11.5 Å². The van der Waals surface area contributed by atoms with Crippen LogP contribution < -0.4 is 43.4 Å². The van der Waals surface area contributed by atoms with Gasteiger partial charge in [0.25, 0.3) is 0 Å². The largest absolute Gasteiger partial charge is 1.00 e. The molecule has 0 aromatic heterocycles. The van der Waals surface area contributed by atoms with E-state index in [4.69, 9.17) is 9.47 Å². The summed E-state index contributed by atoms with van der Waals surface area (Å²) in [4.78, 5) is 52.4. The monoisotopic (exact) mass is 756 g/mol. The summed E-state index contributed by atoms with van der Waals surface area (Å²) in [7, 11) is 14.5. The molecule has 0 fully saturated rings. The Morgan fingerprint density at radius 1 is 0.578 bits per heavy atom. The lowest BCUT2D eigenvalue weighted by molar-refractivity contribution is -0.895. The van der Waals surface area contributed by atoms with E-state index < -0.39 is 12.2 Å². The number of amides is 2. The summed E-state index contributed by atoms with van der Waals surface area (Å²) < 4.78 is 11.9. The smallest absolute Gasteiger partial charge is 0.414 e. The third kappa shape index (κ3) is 15.9. The zero-order valence-electron chi connectivity index (χ0n) is 28.0. The van der Waals surface area contributed by atoms with Gasteiger partial charge in [-0.15, -0.1) is 0 Å². The van der Waals surface area contributed by atoms with Gasteiger partial charge < -0.3 is 62.2 Å². The van der Waals surface area contributed by atoms with Crippen LogP contribution in [0.15, 0.2) is 48.5 Å². The van der Waals surface area contributed by atoms with Crippen LogP contribution in [0.4, 0.5) is 9.59 Å². The van der Waals surface area contributed by atoms with Crippen molar-refractivity contribution in [1.29, 1.82) is 0 Å². The minimum Gasteiger partial charge on any atom is -1.00 e. The van der Waals surface area contributed by atoms with Crippen molar-refractivity contribution >= 4 is 23.8 Å². The van der Waals surface area contributed by atoms with E-state index in [2.05, 4.69) is 0 Å². The molecule has 0 heterocycles. The van der Waals surface area contributed by atoms with Gasteiger partial charge in [0.1, 0.15) is 37.7 Å². The SMILES string of the molecule is CN(C)C(=O)Oc1ccccc1C[N+](C)(C)CC(=O)CCCCCC(=O)C[N+](C)(C)Cc1ccccc1OC(=O)N(C)C.[Br-].[Br-]. The van der Waals surface area contributed by atoms with Crippen molar-refractivity contribution in [3.63, 3.8) is 0 Å². The Labute approximate surface area is 290 Å². The highest BCUT2D eigenvalue weighted by molar-refractivity contribution is 5.80. The topological polar surface area (TPSA) is 93.2 Å². The summed E-state index contributed by atoms with van der Waals surface area (Å²) >= 11 is 0. The molecule has 2 rings (SSSR count). The molecule has 2 amide bonds. The number of hydrogen-bond acceptors (Lipinski definition) is 6. The Hall–Kier alpha value is -2.80. The molecule has 0 aliphatic carbocycles. The van der Waals surface area contributed by atoms with Crippen LogP contribution >= 0.6 is 0 Å². The molecule has 0 saturated heterocycles. The van der Waals surface area contributed by atoms with Gasteiger partial charge in [0.2, 0.25) is 0 Å². The van der Waals surface area contributed by atoms with E-state index >= 15 is 0 Å². The minimum absolute atomic E-state index is 0. The first-order valence-corrected chi connectivity index (χ1v) is 14.7. The number of unbranched alkanes of at least 4 members (excludes halogenated alkanes) is 2. The molecule has 0 aliphatic rings. The van der Waals surface area contributed by atoms with Crippen LogP contribution in [0, 0.1) is 0 Å². The normalized spacial score (nSPS) is 11.0. The summed E-state index contributed by atoms with van der Waals surface area (Å²) in [6, 6.07) is 14.8. The first kappa shape index (κ1) is 42.2. The second-order valence-electron chi connectivity index (χ2n) is 12.9. The fourth-order valence-electron chi connectivity index (χ4n) is 4.81. The number of carbonyl (C=O) groups is 4. The van der Waals surface area contributed by atoms with E-state index in [1.54, 1.807) is 40.3 Å². The zero-order valence-corrected chi connectivity index (χ0v) is 31.1. The highest BCUT2D eigenvalue weighted by Crippen LogP contribution is 2.24. The highest BCUT2D eigenvalue weighted by atomic mass is 79.9. The van der Waals surface area contributed by atoms with Crippen molar-refractivity contribution < 1.29 is 71.6 Å². The zero-order chi connectivity index (χ0) is 32.2. The van der Waals surface area contributed by atoms with Crippen molar-refractivity contribution in [2.75, 3.05) is 69.5 Å². The molecule has 12 heteroatoms. The van der Waals surface area contributed by atoms with E-state index in [-0.39, 0.29) is 45.5 Å². The van der Waals surface area contributed by atoms with E-state index in [0.29, 0.717) is 59.5 Å². The summed E-state index contributed by atoms with van der Waals surface area (Å²) in [5.74, 6) is 1.35. The molecule has 252 valence electrons. The van der Waals surface area contributed by atoms with Crippen molar-refractivity contribution in [2.24, 2.45) is 0 Å². The molecule has 0 unspecified atom stereocenters. The van der Waals surface area contributed by atoms with Crippen molar-refractivity contribution in [3.05, 3.63) is 59.7 Å². The Morgan fingerprint density at radius 2 is 0.911 bits per heavy atom. The maximum absolute atomic E-state index is 12.8. The summed E-state index contributed by atoms with van der Waals surface area (Å²) in [5, 5.41) is 0. The van der Waals surface area contributed by atoms with Crippen molar-refractivity contribution in [2.45, 2.75) is 45.2 Å². The van der Waals surface area contributed by atoms with Gasteiger partial charge in [-0.1, -0.05) is 30.7 Å². The number of likely N-dealkylation sites (N-methyl/N-ethyl adjacent to an activating group) is 2. The molecule has 2 aromatic rings. The Bertz CT molecular complexity index is 1170. The third-order valence-electron chi connectivity index (χ3n) is 6.89. The molecule has 2 aromatic carbocycles. The Balaban J connectivity index is 0.00000968. The Kier molecular flexibility index (Phi) is 18.4. The number of para-hydroxylation sites is 2. The average Bonchev–Trinajstić information content (AvgIpc) is 2.89. The van der Waals surface area contributed by atoms with Crippen LogP contribution in [0.25, 0.3) is 0 Å². The van der Waals surface area contributed by atoms with Gasteiger partial charge in [0, 0.05) is 52.2 Å². The number of benzene rings is 2. The average molecular weight is 759 g/mol. The number of rotatable bonds is 16. The highest BCUT2D eigenvalue weighted by Gasteiger charge is 2.25. The summed E-state index contributed by atoms with van der Waals surface area (Å²) in [5.41, 5.74) is 1.74. The molecule has 10 nitrogen and oxygen atoms in total. The van der Waals surface area contributed by atoms with Crippen LogP contribution in [-0.2, 0) is 22.7 Å². The Morgan fingerprint density at radius 3 is 1.24 bits per heavy atom. The van der Waals surface area contributed by atoms with Gasteiger partial charge in [-0.05, 0) is 37.1 Å². The first-order chi connectivity index (χ1) is 20.1. The van der Waals surface area contributed by atoms with Gasteiger partial charge >= 0.3 is 12.2 Å². The maximum atomic E-state index is 12.8. The van der Waals surface area contributed by atoms with Crippen LogP contribution in [0.1, 0.15) is 43.2 Å². The maximum Gasteiger partial charge on any atom is 0.414 e. The van der Waals surface area contributed by atoms with Crippen LogP contribution in [0.5, 0.6) is 11.5 Å². The molecule has 0 saturated carbocycles. The predicted molar refractivity (Wildman–Crippen MR) is 167 cm³/mol. The van der Waals surface area contributed by atoms with Crippen LogP contribution in [-0.4, -0.2) is 112 Å². The van der Waals surface area contributed by atoms with Crippen LogP contribution in [0.2, 0.25) is 0 Å². The number of hydrogen-bond donors (Lipinski definition) is 0. The second kappa shape index (κ2) is 19.7. The number of carbonyl (C=O) groups excluding carboxylic acids is 4. The number of nitrogens with zero attached hydrogens (tertiary/aromatic N) is 4. The molecule has 0 spiro atoms. The lowest BCUT2D eigenvalue weighted by Crippen LogP contribution is -3.00. The second-order valence-corrected chi connectivity index (χ2v) is 12.9. The molecule has 0 radical (unpaired) electrons. The quantitative estimate of drug-likeness (QED) is 0.157. The molecule has 45 heavy (non-hydrogen) atoms. The van der Waals surface area contributed by atoms with Gasteiger partial charge in [0.05, 0.1) is 28.2 Å². The van der Waals surface area contributed by atoms with Crippen LogP contribution in [0.3, 0.4) is 0 Å². The fraction of sp³-hybridized carbons (Fsp3) is 0.515. The van der Waals surface area contributed by atoms with Gasteiger partial charge in [-0.2, -0.15) is 0 Å². The lowest BCUT2D eigenvalue weighted by Gasteiger charge is -2.30. The molecular formula is C33H50Br2N4O6. The summed E-state index contributed by atoms with van der Waals surface area (Å²) in [6.45, 7) is 1.83. The van der Waals surface area contributed by atoms with E-state index in [1.807, 2.05) is 64.6 Å². The van der Waals surface area contributed by atoms with E-state index in [0.717, 1.165) is 30.4 Å². The van der Waals surface area contributed by atoms with Gasteiger partial charge in [0.15, 0.2) is 11.6 Å². The number of quaternary nitrogens is 2.